The number of aliphatic hydroxyl groups is 1. The van der Waals surface area contributed by atoms with E-state index in [1.54, 1.807) is 17.6 Å². The lowest BCUT2D eigenvalue weighted by atomic mass is 10.1. The maximum atomic E-state index is 9.92. The van der Waals surface area contributed by atoms with Gasteiger partial charge < -0.3 is 20.9 Å². The van der Waals surface area contributed by atoms with Crippen LogP contribution in [0.2, 0.25) is 0 Å². The van der Waals surface area contributed by atoms with Crippen LogP contribution in [0.1, 0.15) is 18.1 Å². The van der Waals surface area contributed by atoms with E-state index in [2.05, 4.69) is 0 Å². The molecule has 0 fully saturated rings. The first-order valence-electron chi connectivity index (χ1n) is 4.06. The standard InChI is InChI=1S/C9H12NO3/c11-8-3-1-7(2-4-8)9(12)5-6-10-13/h1-4,9-12H,5-6H2/q-1. The minimum atomic E-state index is -0.651. The number of hydrogen-bond donors (Lipinski definition) is 3. The van der Waals surface area contributed by atoms with Crippen molar-refractivity contribution in [3.05, 3.63) is 35.0 Å². The molecular weight excluding hydrogens is 170 g/mol. The first kappa shape index (κ1) is 9.98. The van der Waals surface area contributed by atoms with Crippen LogP contribution in [0.3, 0.4) is 0 Å². The van der Waals surface area contributed by atoms with Gasteiger partial charge in [-0.2, -0.15) is 0 Å². The quantitative estimate of drug-likeness (QED) is 0.605. The third kappa shape index (κ3) is 3.02. The highest BCUT2D eigenvalue weighted by Gasteiger charge is 2.05. The molecule has 0 heterocycles. The fraction of sp³-hybridized carbons (Fsp3) is 0.333. The van der Waals surface area contributed by atoms with Crippen LogP contribution in [-0.2, 0) is 0 Å². The number of hydroxylamine groups is 1. The van der Waals surface area contributed by atoms with Crippen molar-refractivity contribution in [3.8, 4) is 5.75 Å². The Balaban J connectivity index is 2.55. The van der Waals surface area contributed by atoms with Gasteiger partial charge in [0, 0.05) is 0 Å². The van der Waals surface area contributed by atoms with Crippen molar-refractivity contribution < 1.29 is 10.2 Å². The van der Waals surface area contributed by atoms with Crippen LogP contribution >= 0.6 is 0 Å². The van der Waals surface area contributed by atoms with Gasteiger partial charge in [-0.1, -0.05) is 12.1 Å². The van der Waals surface area contributed by atoms with Crippen molar-refractivity contribution in [1.82, 2.24) is 5.48 Å². The molecule has 0 saturated heterocycles. The van der Waals surface area contributed by atoms with Gasteiger partial charge in [0.15, 0.2) is 0 Å². The van der Waals surface area contributed by atoms with Crippen LogP contribution in [-0.4, -0.2) is 16.8 Å². The van der Waals surface area contributed by atoms with Gasteiger partial charge in [0.05, 0.1) is 6.10 Å². The predicted octanol–water partition coefficient (Wildman–Crippen LogP) is 0.903. The molecule has 72 valence electrons. The molecule has 0 aliphatic heterocycles. The van der Waals surface area contributed by atoms with E-state index in [0.29, 0.717) is 12.0 Å². The zero-order valence-corrected chi connectivity index (χ0v) is 7.10. The molecular formula is C9H12NO3-. The lowest BCUT2D eigenvalue weighted by Gasteiger charge is -2.13. The van der Waals surface area contributed by atoms with Crippen LogP contribution in [0.4, 0.5) is 0 Å². The van der Waals surface area contributed by atoms with Crippen molar-refractivity contribution in [3.63, 3.8) is 0 Å². The Kier molecular flexibility index (Phi) is 3.70. The number of phenols is 1. The second-order valence-corrected chi connectivity index (χ2v) is 2.79. The third-order valence-corrected chi connectivity index (χ3v) is 1.80. The summed E-state index contributed by atoms with van der Waals surface area (Å²) in [6, 6.07) is 6.27. The highest BCUT2D eigenvalue weighted by atomic mass is 16.5. The predicted molar refractivity (Wildman–Crippen MR) is 49.1 cm³/mol. The molecule has 13 heavy (non-hydrogen) atoms. The lowest BCUT2D eigenvalue weighted by molar-refractivity contribution is 0.168. The molecule has 1 aromatic carbocycles. The number of rotatable bonds is 4. The molecule has 0 aliphatic carbocycles. The molecule has 0 spiro atoms. The number of aliphatic hydroxyl groups excluding tert-OH is 1. The van der Waals surface area contributed by atoms with Crippen LogP contribution in [0.15, 0.2) is 24.3 Å². The van der Waals surface area contributed by atoms with E-state index in [4.69, 9.17) is 5.11 Å². The summed E-state index contributed by atoms with van der Waals surface area (Å²) in [5.74, 6) is 0.165. The maximum absolute atomic E-state index is 9.92. The number of hydrogen-bond acceptors (Lipinski definition) is 4. The minimum absolute atomic E-state index is 0.165. The first-order valence-corrected chi connectivity index (χ1v) is 4.06. The van der Waals surface area contributed by atoms with Gasteiger partial charge in [0.2, 0.25) is 0 Å². The van der Waals surface area contributed by atoms with Gasteiger partial charge in [-0.15, -0.1) is 0 Å². The summed E-state index contributed by atoms with van der Waals surface area (Å²) in [4.78, 5) is 0. The Bertz CT molecular complexity index is 248. The van der Waals surface area contributed by atoms with Crippen molar-refractivity contribution >= 4 is 0 Å². The number of benzene rings is 1. The van der Waals surface area contributed by atoms with Gasteiger partial charge in [-0.3, -0.25) is 0 Å². The second-order valence-electron chi connectivity index (χ2n) is 2.79. The molecule has 0 radical (unpaired) electrons. The number of phenolic OH excluding ortho intramolecular Hbond substituents is 1. The fourth-order valence-corrected chi connectivity index (χ4v) is 1.06. The average molecular weight is 182 g/mol. The van der Waals surface area contributed by atoms with E-state index in [1.165, 1.54) is 12.1 Å². The molecule has 1 atom stereocenters. The first-order chi connectivity index (χ1) is 6.24. The van der Waals surface area contributed by atoms with Crippen LogP contribution in [0.25, 0.3) is 0 Å². The molecule has 1 rings (SSSR count). The van der Waals surface area contributed by atoms with Gasteiger partial charge in [-0.25, -0.2) is 0 Å². The molecule has 0 saturated carbocycles. The topological polar surface area (TPSA) is 75.5 Å². The largest absolute Gasteiger partial charge is 0.788 e. The molecule has 0 bridgehead atoms. The molecule has 0 aromatic heterocycles. The Morgan fingerprint density at radius 3 is 2.46 bits per heavy atom. The zero-order valence-electron chi connectivity index (χ0n) is 7.10. The summed E-state index contributed by atoms with van der Waals surface area (Å²) in [5.41, 5.74) is 2.42. The molecule has 0 aliphatic rings. The highest BCUT2D eigenvalue weighted by molar-refractivity contribution is 5.27. The van der Waals surface area contributed by atoms with E-state index in [-0.39, 0.29) is 12.3 Å². The Labute approximate surface area is 76.4 Å². The highest BCUT2D eigenvalue weighted by Crippen LogP contribution is 2.18. The van der Waals surface area contributed by atoms with E-state index in [9.17, 15) is 10.3 Å². The second kappa shape index (κ2) is 4.81. The summed E-state index contributed by atoms with van der Waals surface area (Å²) in [6.07, 6.45) is -0.282. The summed E-state index contributed by atoms with van der Waals surface area (Å²) < 4.78 is 0. The number of nitrogens with one attached hydrogen (secondary N) is 1. The summed E-state index contributed by atoms with van der Waals surface area (Å²) in [7, 11) is 0. The fourth-order valence-electron chi connectivity index (χ4n) is 1.06. The SMILES string of the molecule is [O-]NCCC(O)c1ccc(O)cc1. The Morgan fingerprint density at radius 1 is 1.31 bits per heavy atom. The van der Waals surface area contributed by atoms with Crippen molar-refractivity contribution in [1.29, 1.82) is 0 Å². The van der Waals surface area contributed by atoms with E-state index >= 15 is 0 Å². The average Bonchev–Trinajstić information content (AvgIpc) is 2.15. The van der Waals surface area contributed by atoms with Crippen molar-refractivity contribution in [2.24, 2.45) is 0 Å². The smallest absolute Gasteiger partial charge is 0.115 e. The lowest BCUT2D eigenvalue weighted by Crippen LogP contribution is -2.10. The van der Waals surface area contributed by atoms with Crippen LogP contribution < -0.4 is 5.48 Å². The minimum Gasteiger partial charge on any atom is -0.788 e. The molecule has 4 nitrogen and oxygen atoms in total. The summed E-state index contributed by atoms with van der Waals surface area (Å²) >= 11 is 0. The molecule has 1 unspecified atom stereocenters. The van der Waals surface area contributed by atoms with Crippen LogP contribution in [0, 0.1) is 5.21 Å². The molecule has 4 heteroatoms. The Hall–Kier alpha value is -1.10. The molecule has 1 aromatic rings. The Morgan fingerprint density at radius 2 is 1.92 bits per heavy atom. The van der Waals surface area contributed by atoms with Crippen molar-refractivity contribution in [2.45, 2.75) is 12.5 Å². The van der Waals surface area contributed by atoms with Gasteiger partial charge in [0.1, 0.15) is 5.75 Å². The maximum Gasteiger partial charge on any atom is 0.115 e. The van der Waals surface area contributed by atoms with E-state index < -0.39 is 6.10 Å². The van der Waals surface area contributed by atoms with E-state index in [1.807, 2.05) is 0 Å². The monoisotopic (exact) mass is 182 g/mol. The van der Waals surface area contributed by atoms with Gasteiger partial charge in [0.25, 0.3) is 0 Å². The van der Waals surface area contributed by atoms with Gasteiger partial charge >= 0.3 is 0 Å². The van der Waals surface area contributed by atoms with Crippen molar-refractivity contribution in [2.75, 3.05) is 6.54 Å². The zero-order chi connectivity index (χ0) is 9.68. The molecule has 0 amide bonds. The third-order valence-electron chi connectivity index (χ3n) is 1.80. The van der Waals surface area contributed by atoms with Crippen LogP contribution in [0.5, 0.6) is 5.75 Å². The normalized spacial score (nSPS) is 12.8. The summed E-state index contributed by atoms with van der Waals surface area (Å²) in [6.45, 7) is 0.224. The molecule has 3 N–H and O–H groups in total. The van der Waals surface area contributed by atoms with Gasteiger partial charge in [-0.05, 0) is 30.7 Å². The van der Waals surface area contributed by atoms with E-state index in [0.717, 1.165) is 0 Å². The summed E-state index contributed by atoms with van der Waals surface area (Å²) in [5, 5.41) is 28.4. The number of aromatic hydroxyl groups is 1.